The minimum Gasteiger partial charge on any atom is -0.490 e. The van der Waals surface area contributed by atoms with Gasteiger partial charge in [-0.05, 0) is 99.8 Å². The highest BCUT2D eigenvalue weighted by molar-refractivity contribution is 6.03. The van der Waals surface area contributed by atoms with Crippen molar-refractivity contribution in [1.82, 2.24) is 10.2 Å². The van der Waals surface area contributed by atoms with Gasteiger partial charge in [0.2, 0.25) is 12.6 Å². The van der Waals surface area contributed by atoms with Gasteiger partial charge in [0.05, 0.1) is 18.2 Å². The molecule has 2 aliphatic heterocycles. The van der Waals surface area contributed by atoms with Crippen LogP contribution in [0, 0.1) is 17.8 Å². The number of benzene rings is 2. The molecule has 12 nitrogen and oxygen atoms in total. The second-order valence-electron chi connectivity index (χ2n) is 16.0. The van der Waals surface area contributed by atoms with Crippen LogP contribution >= 0.6 is 0 Å². The Morgan fingerprint density at radius 3 is 2.46 bits per heavy atom. The summed E-state index contributed by atoms with van der Waals surface area (Å²) >= 11 is 0. The molecule has 2 aliphatic carbocycles. The molecule has 3 N–H and O–H groups in total. The fourth-order valence-electron chi connectivity index (χ4n) is 8.66. The fourth-order valence-corrected chi connectivity index (χ4v) is 8.66. The third-order valence-electron chi connectivity index (χ3n) is 11.1. The van der Waals surface area contributed by atoms with E-state index in [0.717, 1.165) is 48.1 Å². The van der Waals surface area contributed by atoms with Crippen molar-refractivity contribution < 1.29 is 43.5 Å². The first-order valence-corrected chi connectivity index (χ1v) is 19.9. The summed E-state index contributed by atoms with van der Waals surface area (Å²) in [6, 6.07) is 10.6. The van der Waals surface area contributed by atoms with Gasteiger partial charge in [-0.15, -0.1) is 6.58 Å². The Labute approximate surface area is 331 Å². The third kappa shape index (κ3) is 8.87. The average molecular weight is 774 g/mol. The van der Waals surface area contributed by atoms with Gasteiger partial charge >= 0.3 is 6.03 Å². The number of aliphatic hydroxyl groups excluding tert-OH is 2. The molecule has 1 fully saturated rings. The predicted molar refractivity (Wildman–Crippen MR) is 214 cm³/mol. The van der Waals surface area contributed by atoms with Crippen LogP contribution in [-0.4, -0.2) is 84.6 Å². The summed E-state index contributed by atoms with van der Waals surface area (Å²) in [6.07, 6.45) is 10.8. The summed E-state index contributed by atoms with van der Waals surface area (Å²) in [6.45, 7) is 14.9. The zero-order chi connectivity index (χ0) is 39.9. The summed E-state index contributed by atoms with van der Waals surface area (Å²) < 4.78 is 31.3. The molecule has 0 spiro atoms. The highest BCUT2D eigenvalue weighted by Crippen LogP contribution is 2.61. The minimum absolute atomic E-state index is 0.103. The van der Waals surface area contributed by atoms with Gasteiger partial charge in [-0.25, -0.2) is 4.79 Å². The minimum atomic E-state index is -1.35. The molecule has 2 aromatic rings. The molecule has 6 rings (SSSR count). The number of allylic oxidation sites excluding steroid dienone is 1. The molecule has 0 unspecified atom stereocenters. The van der Waals surface area contributed by atoms with Crippen LogP contribution in [0.2, 0.25) is 0 Å². The van der Waals surface area contributed by atoms with E-state index in [0.29, 0.717) is 48.9 Å². The molecule has 0 saturated heterocycles. The number of oxime groups is 1. The summed E-state index contributed by atoms with van der Waals surface area (Å²) in [5.74, 6) is 0.994. The van der Waals surface area contributed by atoms with Gasteiger partial charge < -0.3 is 49.0 Å². The Morgan fingerprint density at radius 2 is 1.73 bits per heavy atom. The molecule has 1 saturated carbocycles. The van der Waals surface area contributed by atoms with Crippen molar-refractivity contribution in [3.63, 3.8) is 0 Å². The number of rotatable bonds is 18. The number of amides is 2. The number of aliphatic hydroxyl groups is 2. The highest BCUT2D eigenvalue weighted by Gasteiger charge is 2.65. The summed E-state index contributed by atoms with van der Waals surface area (Å²) in [7, 11) is 1.77. The number of fused-ring (bicyclic) bond motifs is 3. The van der Waals surface area contributed by atoms with Gasteiger partial charge in [0.1, 0.15) is 29.7 Å². The Bertz CT molecular complexity index is 1770. The smallest absolute Gasteiger partial charge is 0.317 e. The number of unbranched alkanes of at least 4 members (excludes halogenated alkanes) is 2. The van der Waals surface area contributed by atoms with Crippen LogP contribution < -0.4 is 24.3 Å². The van der Waals surface area contributed by atoms with Crippen LogP contribution in [0.4, 0.5) is 4.79 Å². The lowest BCUT2D eigenvalue weighted by Gasteiger charge is -2.59. The molecule has 0 bridgehead atoms. The first-order valence-electron chi connectivity index (χ1n) is 19.9. The topological polar surface area (TPSA) is 141 Å². The predicted octanol–water partition coefficient (Wildman–Crippen LogP) is 7.25. The van der Waals surface area contributed by atoms with Crippen molar-refractivity contribution in [1.29, 1.82) is 0 Å². The number of urea groups is 1. The number of hydrogen-bond donors (Lipinski definition) is 3. The van der Waals surface area contributed by atoms with Gasteiger partial charge in [0.25, 0.3) is 0 Å². The Kier molecular flexibility index (Phi) is 13.3. The maximum Gasteiger partial charge on any atom is 0.317 e. The SMILES string of the molecule is C=CCOc1ccc2c(c1)[C@H]1[C@H](CCCCO)[C@@H](CCCCO)C=C3C(=NOC(C)(C)C)C[C@H](N(C)C(=O)NCc4ccc5c(c4)OCO5)[C@@](OCC=C)(O2)[C@H]31. The summed E-state index contributed by atoms with van der Waals surface area (Å²) in [4.78, 5) is 22.2. The molecule has 6 atom stereocenters. The van der Waals surface area contributed by atoms with E-state index < -0.39 is 23.3 Å². The number of carbonyl (C=O) groups excluding carboxylic acids is 1. The van der Waals surface area contributed by atoms with Gasteiger partial charge in [-0.2, -0.15) is 0 Å². The largest absolute Gasteiger partial charge is 0.490 e. The van der Waals surface area contributed by atoms with Crippen molar-refractivity contribution >= 4 is 11.7 Å². The van der Waals surface area contributed by atoms with E-state index in [2.05, 4.69) is 30.6 Å². The van der Waals surface area contributed by atoms with Crippen LogP contribution in [0.3, 0.4) is 0 Å². The summed E-state index contributed by atoms with van der Waals surface area (Å²) in [5, 5.41) is 27.6. The van der Waals surface area contributed by atoms with Crippen LogP contribution in [0.25, 0.3) is 0 Å². The van der Waals surface area contributed by atoms with E-state index in [1.807, 2.05) is 51.1 Å². The van der Waals surface area contributed by atoms with Gasteiger partial charge in [0, 0.05) is 44.7 Å². The number of hydrogen-bond acceptors (Lipinski definition) is 10. The lowest BCUT2D eigenvalue weighted by molar-refractivity contribution is -0.252. The lowest BCUT2D eigenvalue weighted by Crippen LogP contribution is -2.70. The van der Waals surface area contributed by atoms with Crippen molar-refractivity contribution in [2.45, 2.75) is 95.6 Å². The number of likely N-dealkylation sites (N-methyl/N-ethyl adjacent to an activating group) is 1. The van der Waals surface area contributed by atoms with Crippen molar-refractivity contribution in [3.8, 4) is 23.0 Å². The zero-order valence-corrected chi connectivity index (χ0v) is 33.3. The zero-order valence-electron chi connectivity index (χ0n) is 33.3. The van der Waals surface area contributed by atoms with E-state index in [4.69, 9.17) is 33.7 Å². The van der Waals surface area contributed by atoms with Gasteiger partial charge in [0.15, 0.2) is 11.5 Å². The highest BCUT2D eigenvalue weighted by atomic mass is 16.7. The molecule has 2 aromatic carbocycles. The molecular formula is C44H59N3O9. The number of ether oxygens (including phenoxy) is 5. The third-order valence-corrected chi connectivity index (χ3v) is 11.1. The lowest BCUT2D eigenvalue weighted by atomic mass is 9.55. The molecule has 0 radical (unpaired) electrons. The van der Waals surface area contributed by atoms with E-state index >= 15 is 0 Å². The molecular weight excluding hydrogens is 714 g/mol. The van der Waals surface area contributed by atoms with E-state index in [1.165, 1.54) is 0 Å². The van der Waals surface area contributed by atoms with E-state index in [1.54, 1.807) is 24.1 Å². The molecule has 304 valence electrons. The van der Waals surface area contributed by atoms with Gasteiger partial charge in [-0.1, -0.05) is 48.9 Å². The van der Waals surface area contributed by atoms with Crippen molar-refractivity contribution in [2.75, 3.05) is 40.3 Å². The van der Waals surface area contributed by atoms with Crippen LogP contribution in [0.1, 0.15) is 82.8 Å². The van der Waals surface area contributed by atoms with Crippen molar-refractivity contribution in [2.24, 2.45) is 22.9 Å². The Morgan fingerprint density at radius 1 is 1.00 bits per heavy atom. The van der Waals surface area contributed by atoms with Crippen LogP contribution in [0.5, 0.6) is 23.0 Å². The molecule has 2 amide bonds. The normalized spacial score (nSPS) is 25.3. The molecule has 56 heavy (non-hydrogen) atoms. The van der Waals surface area contributed by atoms with Crippen molar-refractivity contribution in [3.05, 3.63) is 84.5 Å². The molecule has 4 aliphatic rings. The average Bonchev–Trinajstić information content (AvgIpc) is 3.66. The first kappa shape index (κ1) is 41.1. The number of nitrogens with one attached hydrogen (secondary N) is 1. The summed E-state index contributed by atoms with van der Waals surface area (Å²) in [5.41, 5.74) is 3.00. The monoisotopic (exact) mass is 773 g/mol. The van der Waals surface area contributed by atoms with Gasteiger partial charge in [-0.3, -0.25) is 0 Å². The second kappa shape index (κ2) is 18.2. The Balaban J connectivity index is 1.49. The van der Waals surface area contributed by atoms with E-state index in [9.17, 15) is 15.0 Å². The Hall–Kier alpha value is -4.52. The maximum absolute atomic E-state index is 14.3. The van der Waals surface area contributed by atoms with E-state index in [-0.39, 0.29) is 56.9 Å². The van der Waals surface area contributed by atoms with Crippen LogP contribution in [0.15, 0.2) is 78.5 Å². The quantitative estimate of drug-likeness (QED) is 0.0812. The number of carbonyl (C=O) groups is 1. The fraction of sp³-hybridized carbons (Fsp3) is 0.545. The molecule has 12 heteroatoms. The number of nitrogens with zero attached hydrogens (tertiary/aromatic N) is 2. The second-order valence-corrected chi connectivity index (χ2v) is 16.0. The molecule has 0 aromatic heterocycles. The first-order chi connectivity index (χ1) is 27.0. The maximum atomic E-state index is 14.3. The van der Waals surface area contributed by atoms with Crippen LogP contribution in [-0.2, 0) is 16.1 Å². The standard InChI is InChI=1S/C44H59N3O9/c1-7-21-51-31-16-18-36-34(25-31)40-32(14-10-12-20-49)30(13-9-11-19-48)24-33-35(46-56-43(3,4)5)26-39(44(55-36,41(33)40)54-22-8-2)47(6)42(50)45-27-29-15-17-37-38(23-29)53-28-52-37/h7-8,15-18,23-25,30,32,39-41,48-49H,1-2,9-14,19-22,26-28H2,3-6H3,(H,45,50)/t30-,32+,39-,40+,41+,44+/m0/s1. The molecule has 2 heterocycles.